The van der Waals surface area contributed by atoms with E-state index in [-0.39, 0.29) is 17.4 Å². The van der Waals surface area contributed by atoms with E-state index in [1.54, 1.807) is 25.3 Å². The highest BCUT2D eigenvalue weighted by molar-refractivity contribution is 6.32. The van der Waals surface area contributed by atoms with Crippen molar-refractivity contribution in [2.75, 3.05) is 51.7 Å². The molecule has 1 heterocycles. The zero-order valence-electron chi connectivity index (χ0n) is 17.3. The minimum Gasteiger partial charge on any atom is -0.495 e. The van der Waals surface area contributed by atoms with Crippen molar-refractivity contribution < 1.29 is 24.1 Å². The van der Waals surface area contributed by atoms with Crippen LogP contribution in [-0.2, 0) is 9.59 Å². The van der Waals surface area contributed by atoms with Gasteiger partial charge >= 0.3 is 0 Å². The molecule has 2 amide bonds. The topological polar surface area (TPSA) is 76.3 Å². The van der Waals surface area contributed by atoms with E-state index in [2.05, 4.69) is 10.6 Å². The third-order valence-corrected chi connectivity index (χ3v) is 4.96. The molecule has 0 aliphatic carbocycles. The lowest BCUT2D eigenvalue weighted by atomic mass is 10.1. The van der Waals surface area contributed by atoms with E-state index in [0.717, 1.165) is 32.6 Å². The van der Waals surface area contributed by atoms with Gasteiger partial charge in [0.1, 0.15) is 18.8 Å². The largest absolute Gasteiger partial charge is 0.495 e. The lowest BCUT2D eigenvalue weighted by Crippen LogP contribution is -3.18. The molecular formula is C20H33ClN4O3+2. The van der Waals surface area contributed by atoms with E-state index in [4.69, 9.17) is 16.3 Å². The maximum atomic E-state index is 12.4. The first kappa shape index (κ1) is 22.5. The number of methoxy groups -OCH3 is 1. The van der Waals surface area contributed by atoms with Crippen LogP contribution in [-0.4, -0.2) is 63.7 Å². The molecule has 1 saturated heterocycles. The molecule has 0 bridgehead atoms. The minimum atomic E-state index is -0.206. The van der Waals surface area contributed by atoms with Gasteiger partial charge in [-0.05, 0) is 39.0 Å². The van der Waals surface area contributed by atoms with Crippen molar-refractivity contribution in [2.45, 2.75) is 32.7 Å². The van der Waals surface area contributed by atoms with Crippen LogP contribution in [0.5, 0.6) is 5.75 Å². The number of halogens is 1. The first-order valence-corrected chi connectivity index (χ1v) is 10.2. The van der Waals surface area contributed by atoms with Crippen LogP contribution in [0, 0.1) is 0 Å². The number of hydrogen-bond donors (Lipinski definition) is 4. The van der Waals surface area contributed by atoms with Gasteiger partial charge in [-0.1, -0.05) is 11.6 Å². The maximum Gasteiger partial charge on any atom is 0.279 e. The molecule has 156 valence electrons. The number of quaternary nitrogens is 2. The van der Waals surface area contributed by atoms with Gasteiger partial charge < -0.3 is 25.2 Å². The molecule has 0 aromatic heterocycles. The molecule has 2 rings (SSSR count). The Morgan fingerprint density at radius 3 is 2.21 bits per heavy atom. The molecule has 0 radical (unpaired) electrons. The Bertz CT molecular complexity index is 691. The molecule has 1 aromatic rings. The summed E-state index contributed by atoms with van der Waals surface area (Å²) in [6.45, 7) is 10.5. The second-order valence-corrected chi connectivity index (χ2v) is 8.81. The predicted octanol–water partition coefficient (Wildman–Crippen LogP) is -0.625. The van der Waals surface area contributed by atoms with Gasteiger partial charge in [0.15, 0.2) is 13.1 Å². The van der Waals surface area contributed by atoms with Gasteiger partial charge in [0.05, 0.1) is 25.2 Å². The van der Waals surface area contributed by atoms with Crippen LogP contribution in [0.4, 0.5) is 5.69 Å². The fourth-order valence-corrected chi connectivity index (χ4v) is 3.67. The number of ether oxygens (including phenoxy) is 1. The summed E-state index contributed by atoms with van der Waals surface area (Å²) in [4.78, 5) is 27.1. The van der Waals surface area contributed by atoms with Crippen LogP contribution in [0.1, 0.15) is 27.2 Å². The van der Waals surface area contributed by atoms with E-state index >= 15 is 0 Å². The zero-order valence-corrected chi connectivity index (χ0v) is 18.0. The fraction of sp³-hybridized carbons (Fsp3) is 0.600. The second-order valence-electron chi connectivity index (χ2n) is 8.40. The molecule has 28 heavy (non-hydrogen) atoms. The average Bonchev–Trinajstić information content (AvgIpc) is 2.78. The summed E-state index contributed by atoms with van der Waals surface area (Å²) in [5.74, 6) is 0.626. The Kier molecular flexibility index (Phi) is 8.10. The number of rotatable bonds is 6. The molecule has 1 aliphatic heterocycles. The third-order valence-electron chi connectivity index (χ3n) is 4.66. The van der Waals surface area contributed by atoms with Crippen LogP contribution in [0.25, 0.3) is 0 Å². The number of hydrogen-bond acceptors (Lipinski definition) is 3. The van der Waals surface area contributed by atoms with Crippen molar-refractivity contribution in [3.8, 4) is 5.75 Å². The standard InChI is InChI=1S/C20H31ClN4O3/c1-20(2,3)23-19(27)14-25-9-5-8-24(10-11-25)13-18(26)22-15-6-7-17(28-4)16(21)12-15/h6-7,12H,5,8-11,13-14H2,1-4H3,(H,22,26)(H,23,27)/p+2. The van der Waals surface area contributed by atoms with Crippen LogP contribution >= 0.6 is 11.6 Å². The predicted molar refractivity (Wildman–Crippen MR) is 110 cm³/mol. The van der Waals surface area contributed by atoms with Crippen LogP contribution in [0.15, 0.2) is 18.2 Å². The highest BCUT2D eigenvalue weighted by Crippen LogP contribution is 2.26. The van der Waals surface area contributed by atoms with Crippen LogP contribution in [0.3, 0.4) is 0 Å². The van der Waals surface area contributed by atoms with Crippen molar-refractivity contribution >= 4 is 29.1 Å². The van der Waals surface area contributed by atoms with E-state index in [1.165, 1.54) is 9.80 Å². The highest BCUT2D eigenvalue weighted by atomic mass is 35.5. The number of anilines is 1. The normalized spacial score (nSPS) is 20.2. The van der Waals surface area contributed by atoms with E-state index in [0.29, 0.717) is 29.5 Å². The lowest BCUT2D eigenvalue weighted by molar-refractivity contribution is -0.930. The summed E-state index contributed by atoms with van der Waals surface area (Å²) in [6.07, 6.45) is 0.995. The fourth-order valence-electron chi connectivity index (χ4n) is 3.41. The number of benzene rings is 1. The highest BCUT2D eigenvalue weighted by Gasteiger charge is 2.25. The Labute approximate surface area is 172 Å². The van der Waals surface area contributed by atoms with Crippen LogP contribution < -0.4 is 25.2 Å². The lowest BCUT2D eigenvalue weighted by Gasteiger charge is -2.22. The Morgan fingerprint density at radius 2 is 1.68 bits per heavy atom. The van der Waals surface area contributed by atoms with E-state index in [9.17, 15) is 9.59 Å². The zero-order chi connectivity index (χ0) is 20.7. The van der Waals surface area contributed by atoms with Crippen molar-refractivity contribution in [1.29, 1.82) is 0 Å². The summed E-state index contributed by atoms with van der Waals surface area (Å²) in [5.41, 5.74) is 0.457. The first-order chi connectivity index (χ1) is 13.2. The van der Waals surface area contributed by atoms with Crippen molar-refractivity contribution in [1.82, 2.24) is 5.32 Å². The molecule has 2 atom stereocenters. The second kappa shape index (κ2) is 10.1. The summed E-state index contributed by atoms with van der Waals surface area (Å²) in [5, 5.41) is 6.39. The van der Waals surface area contributed by atoms with Gasteiger partial charge in [-0.25, -0.2) is 0 Å². The quantitative estimate of drug-likeness (QED) is 0.503. The summed E-state index contributed by atoms with van der Waals surface area (Å²) in [7, 11) is 1.56. The van der Waals surface area contributed by atoms with Gasteiger partial charge in [0.25, 0.3) is 11.8 Å². The maximum absolute atomic E-state index is 12.4. The Balaban J connectivity index is 1.80. The van der Waals surface area contributed by atoms with Gasteiger partial charge in [-0.2, -0.15) is 0 Å². The van der Waals surface area contributed by atoms with E-state index < -0.39 is 0 Å². The van der Waals surface area contributed by atoms with Gasteiger partial charge in [0, 0.05) is 17.6 Å². The molecule has 0 saturated carbocycles. The first-order valence-electron chi connectivity index (χ1n) is 9.78. The molecular weight excluding hydrogens is 380 g/mol. The van der Waals surface area contributed by atoms with Gasteiger partial charge in [-0.15, -0.1) is 0 Å². The molecule has 4 N–H and O–H groups in total. The number of carbonyl (C=O) groups is 2. The summed E-state index contributed by atoms with van der Waals surface area (Å²) < 4.78 is 5.12. The molecule has 1 aromatic carbocycles. The number of amides is 2. The smallest absolute Gasteiger partial charge is 0.279 e. The van der Waals surface area contributed by atoms with Gasteiger partial charge in [0.2, 0.25) is 0 Å². The molecule has 2 unspecified atom stereocenters. The number of nitrogens with one attached hydrogen (secondary N) is 4. The van der Waals surface area contributed by atoms with E-state index in [1.807, 2.05) is 20.8 Å². The molecule has 0 spiro atoms. The molecule has 1 aliphatic rings. The molecule has 8 heteroatoms. The number of carbonyl (C=O) groups excluding carboxylic acids is 2. The molecule has 1 fully saturated rings. The van der Waals surface area contributed by atoms with Gasteiger partial charge in [-0.3, -0.25) is 9.59 Å². The summed E-state index contributed by atoms with van der Waals surface area (Å²) in [6, 6.07) is 5.20. The Morgan fingerprint density at radius 1 is 1.07 bits per heavy atom. The van der Waals surface area contributed by atoms with Crippen molar-refractivity contribution in [2.24, 2.45) is 0 Å². The summed E-state index contributed by atoms with van der Waals surface area (Å²) >= 11 is 6.11. The monoisotopic (exact) mass is 412 g/mol. The van der Waals surface area contributed by atoms with Crippen molar-refractivity contribution in [3.05, 3.63) is 23.2 Å². The van der Waals surface area contributed by atoms with Crippen LogP contribution in [0.2, 0.25) is 5.02 Å². The third kappa shape index (κ3) is 7.66. The average molecular weight is 413 g/mol. The van der Waals surface area contributed by atoms with Crippen molar-refractivity contribution in [3.63, 3.8) is 0 Å². The minimum absolute atomic E-state index is 0.0369. The Hall–Kier alpha value is -1.83. The molecule has 7 nitrogen and oxygen atoms in total. The SMILES string of the molecule is COc1ccc(NC(=O)C[NH+]2CCC[NH+](CC(=O)NC(C)(C)C)CC2)cc1Cl.